The monoisotopic (exact) mass is 281 g/mol. The van der Waals surface area contributed by atoms with Gasteiger partial charge in [-0.2, -0.15) is 0 Å². The molecule has 0 radical (unpaired) electrons. The van der Waals surface area contributed by atoms with Crippen LogP contribution in [0.2, 0.25) is 0 Å². The van der Waals surface area contributed by atoms with E-state index in [-0.39, 0.29) is 0 Å². The Hall–Kier alpha value is -0.120. The van der Waals surface area contributed by atoms with Gasteiger partial charge in [0.1, 0.15) is 0 Å². The van der Waals surface area contributed by atoms with Crippen molar-refractivity contribution in [2.24, 2.45) is 5.92 Å². The van der Waals surface area contributed by atoms with Crippen molar-refractivity contribution in [1.29, 1.82) is 0 Å². The first-order valence-electron chi connectivity index (χ1n) is 8.39. The Balaban J connectivity index is 1.74. The number of nitrogens with zero attached hydrogens (tertiary/aromatic N) is 3. The van der Waals surface area contributed by atoms with Gasteiger partial charge in [-0.25, -0.2) is 0 Å². The summed E-state index contributed by atoms with van der Waals surface area (Å²) in [6, 6.07) is 0. The largest absolute Gasteiger partial charge is 0.300 e. The van der Waals surface area contributed by atoms with Crippen molar-refractivity contribution in [2.75, 3.05) is 45.8 Å². The highest BCUT2D eigenvalue weighted by molar-refractivity contribution is 4.88. The van der Waals surface area contributed by atoms with E-state index in [1.54, 1.807) is 0 Å². The molecule has 0 aliphatic carbocycles. The number of rotatable bonds is 2. The minimum atomic E-state index is 0.336. The van der Waals surface area contributed by atoms with E-state index in [4.69, 9.17) is 0 Å². The molecule has 2 aliphatic rings. The maximum atomic E-state index is 2.69. The molecule has 0 aromatic rings. The van der Waals surface area contributed by atoms with Crippen LogP contribution in [0.15, 0.2) is 0 Å². The average molecular weight is 281 g/mol. The van der Waals surface area contributed by atoms with Crippen LogP contribution >= 0.6 is 0 Å². The summed E-state index contributed by atoms with van der Waals surface area (Å²) in [5.74, 6) is 0.885. The van der Waals surface area contributed by atoms with Crippen molar-refractivity contribution in [3.05, 3.63) is 0 Å². The number of hydrogen-bond acceptors (Lipinski definition) is 3. The van der Waals surface area contributed by atoms with E-state index in [9.17, 15) is 0 Å². The summed E-state index contributed by atoms with van der Waals surface area (Å²) in [6.07, 6.45) is 1.39. The van der Waals surface area contributed by atoms with Crippen LogP contribution in [0.4, 0.5) is 0 Å². The molecule has 0 amide bonds. The molecular weight excluding hydrogens is 246 g/mol. The summed E-state index contributed by atoms with van der Waals surface area (Å²) in [5, 5.41) is 0. The van der Waals surface area contributed by atoms with Gasteiger partial charge in [-0.3, -0.25) is 9.80 Å². The van der Waals surface area contributed by atoms with Gasteiger partial charge in [-0.15, -0.1) is 0 Å². The van der Waals surface area contributed by atoms with Gasteiger partial charge in [0.2, 0.25) is 0 Å². The van der Waals surface area contributed by atoms with E-state index in [1.807, 2.05) is 0 Å². The fourth-order valence-electron chi connectivity index (χ4n) is 3.56. The Morgan fingerprint density at radius 3 is 1.75 bits per heavy atom. The summed E-state index contributed by atoms with van der Waals surface area (Å²) in [7, 11) is 0. The van der Waals surface area contributed by atoms with Crippen LogP contribution in [-0.2, 0) is 0 Å². The van der Waals surface area contributed by atoms with Gasteiger partial charge in [0, 0.05) is 50.3 Å². The van der Waals surface area contributed by atoms with Gasteiger partial charge < -0.3 is 4.90 Å². The lowest BCUT2D eigenvalue weighted by Crippen LogP contribution is -2.54. The second-order valence-corrected chi connectivity index (χ2v) is 8.73. The lowest BCUT2D eigenvalue weighted by molar-refractivity contribution is 0.0546. The topological polar surface area (TPSA) is 9.72 Å². The summed E-state index contributed by atoms with van der Waals surface area (Å²) in [4.78, 5) is 7.97. The second-order valence-electron chi connectivity index (χ2n) is 8.73. The molecule has 2 aliphatic heterocycles. The fourth-order valence-corrected chi connectivity index (χ4v) is 3.56. The predicted octanol–water partition coefficient (Wildman–Crippen LogP) is 2.52. The first kappa shape index (κ1) is 16.3. The van der Waals surface area contributed by atoms with E-state index in [2.05, 4.69) is 56.2 Å². The molecule has 2 rings (SSSR count). The normalized spacial score (nSPS) is 28.2. The Labute approximate surface area is 126 Å². The molecule has 0 saturated carbocycles. The minimum absolute atomic E-state index is 0.336. The molecule has 0 spiro atoms. The van der Waals surface area contributed by atoms with Gasteiger partial charge in [0.25, 0.3) is 0 Å². The van der Waals surface area contributed by atoms with Crippen molar-refractivity contribution in [1.82, 2.24) is 14.7 Å². The van der Waals surface area contributed by atoms with Crippen LogP contribution in [0.25, 0.3) is 0 Å². The van der Waals surface area contributed by atoms with Crippen molar-refractivity contribution in [3.8, 4) is 0 Å². The Morgan fingerprint density at radius 1 is 0.750 bits per heavy atom. The van der Waals surface area contributed by atoms with E-state index in [0.717, 1.165) is 5.92 Å². The molecule has 2 fully saturated rings. The molecule has 1 atom stereocenters. The van der Waals surface area contributed by atoms with Gasteiger partial charge in [-0.05, 0) is 60.4 Å². The lowest BCUT2D eigenvalue weighted by atomic mass is 10.0. The molecule has 20 heavy (non-hydrogen) atoms. The van der Waals surface area contributed by atoms with Crippen LogP contribution < -0.4 is 0 Å². The van der Waals surface area contributed by atoms with Crippen LogP contribution in [-0.4, -0.2) is 71.6 Å². The molecule has 3 heteroatoms. The number of piperazine rings is 1. The molecule has 0 bridgehead atoms. The Morgan fingerprint density at radius 2 is 1.30 bits per heavy atom. The molecule has 0 aromatic carbocycles. The van der Waals surface area contributed by atoms with Crippen molar-refractivity contribution in [3.63, 3.8) is 0 Å². The van der Waals surface area contributed by atoms with E-state index in [1.165, 1.54) is 52.2 Å². The summed E-state index contributed by atoms with van der Waals surface area (Å²) < 4.78 is 0. The van der Waals surface area contributed by atoms with Crippen LogP contribution in [0.3, 0.4) is 0 Å². The quantitative estimate of drug-likeness (QED) is 0.770. The smallest absolute Gasteiger partial charge is 0.0126 e. The van der Waals surface area contributed by atoms with Crippen molar-refractivity contribution >= 4 is 0 Å². The molecule has 0 unspecified atom stereocenters. The molecule has 0 aromatic heterocycles. The molecule has 2 heterocycles. The molecule has 118 valence electrons. The standard InChI is InChI=1S/C17H35N3/c1-16(2,3)19-11-9-18(10-12-19)13-15-7-8-20(14-15)17(4,5)6/h15H,7-14H2,1-6H3/t15-/m0/s1. The molecule has 3 nitrogen and oxygen atoms in total. The van der Waals surface area contributed by atoms with Crippen LogP contribution in [0.1, 0.15) is 48.0 Å². The maximum Gasteiger partial charge on any atom is 0.0126 e. The van der Waals surface area contributed by atoms with Crippen LogP contribution in [0.5, 0.6) is 0 Å². The Bertz CT molecular complexity index is 305. The van der Waals surface area contributed by atoms with E-state index in [0.29, 0.717) is 11.1 Å². The van der Waals surface area contributed by atoms with Crippen molar-refractivity contribution in [2.45, 2.75) is 59.0 Å². The SMILES string of the molecule is CC(C)(C)N1CCN(C[C@@H]2CCN(C(C)(C)C)C2)CC1. The first-order chi connectivity index (χ1) is 9.16. The Kier molecular flexibility index (Phi) is 4.83. The van der Waals surface area contributed by atoms with Gasteiger partial charge in [-0.1, -0.05) is 0 Å². The summed E-state index contributed by atoms with van der Waals surface area (Å²) >= 11 is 0. The van der Waals surface area contributed by atoms with Crippen molar-refractivity contribution < 1.29 is 0 Å². The van der Waals surface area contributed by atoms with Gasteiger partial charge >= 0.3 is 0 Å². The fraction of sp³-hybridized carbons (Fsp3) is 1.00. The highest BCUT2D eigenvalue weighted by atomic mass is 15.3. The third-order valence-electron chi connectivity index (χ3n) is 5.07. The number of likely N-dealkylation sites (tertiary alicyclic amines) is 1. The maximum absolute atomic E-state index is 2.69. The zero-order valence-corrected chi connectivity index (χ0v) is 14.6. The second kappa shape index (κ2) is 5.94. The minimum Gasteiger partial charge on any atom is -0.300 e. The average Bonchev–Trinajstić information content (AvgIpc) is 2.77. The third-order valence-corrected chi connectivity index (χ3v) is 5.07. The summed E-state index contributed by atoms with van der Waals surface area (Å²) in [5.41, 5.74) is 0.683. The molecule has 2 saturated heterocycles. The highest BCUT2D eigenvalue weighted by Gasteiger charge is 2.32. The third kappa shape index (κ3) is 4.19. The summed E-state index contributed by atoms with van der Waals surface area (Å²) in [6.45, 7) is 22.9. The predicted molar refractivity (Wildman–Crippen MR) is 87.2 cm³/mol. The number of hydrogen-bond donors (Lipinski definition) is 0. The van der Waals surface area contributed by atoms with Gasteiger partial charge in [0.05, 0.1) is 0 Å². The van der Waals surface area contributed by atoms with Gasteiger partial charge in [0.15, 0.2) is 0 Å². The molecular formula is C17H35N3. The zero-order valence-electron chi connectivity index (χ0n) is 14.6. The molecule has 0 N–H and O–H groups in total. The lowest BCUT2D eigenvalue weighted by Gasteiger charge is -2.43. The zero-order chi connectivity index (χ0) is 15.0. The van der Waals surface area contributed by atoms with E-state index < -0.39 is 0 Å². The first-order valence-corrected chi connectivity index (χ1v) is 8.39. The van der Waals surface area contributed by atoms with E-state index >= 15 is 0 Å². The van der Waals surface area contributed by atoms with Crippen LogP contribution in [0, 0.1) is 5.92 Å². The highest BCUT2D eigenvalue weighted by Crippen LogP contribution is 2.25.